The van der Waals surface area contributed by atoms with Gasteiger partial charge in [-0.2, -0.15) is 0 Å². The van der Waals surface area contributed by atoms with Crippen LogP contribution in [-0.2, 0) is 19.1 Å². The van der Waals surface area contributed by atoms with Crippen LogP contribution < -0.4 is 0 Å². The van der Waals surface area contributed by atoms with Crippen LogP contribution in [-0.4, -0.2) is 108 Å². The maximum Gasteiger partial charge on any atom is 0.303 e. The van der Waals surface area contributed by atoms with Gasteiger partial charge in [0.2, 0.25) is 0 Å². The molecule has 1 aliphatic heterocycles. The molecule has 0 aromatic carbocycles. The van der Waals surface area contributed by atoms with Gasteiger partial charge in [0.25, 0.3) is 0 Å². The molecule has 0 amide bonds. The van der Waals surface area contributed by atoms with Crippen molar-refractivity contribution in [2.24, 2.45) is 45.3 Å². The Morgan fingerprint density at radius 1 is 0.959 bits per heavy atom. The zero-order valence-corrected chi connectivity index (χ0v) is 30.8. The first-order valence-electron chi connectivity index (χ1n) is 18.2. The lowest BCUT2D eigenvalue weighted by Crippen LogP contribution is -2.65. The minimum absolute atomic E-state index is 0.00460. The standard InChI is InChI=1S/C38H62O11/c1-19(40)49-33(2,3)13-12-26(42)38(9,47)31-23(41)17-37(8)25-11-10-21-22(35(25,6)14-15-36(31,37)7)16-20(32(46)34(21,4)5)30-29(45)28(44)27(43)24(18-39)48-30/h10,20,22-25,27-32,39,41,43-47H,11-18H2,1-9H3/t20-,22-,23-,24-,25-,27-,28+,29-,30+,31+,32+,35+,36-,37+,38+/m1/s1. The van der Waals surface area contributed by atoms with Crippen LogP contribution in [0.3, 0.4) is 0 Å². The number of ketones is 1. The lowest BCUT2D eigenvalue weighted by molar-refractivity contribution is -0.258. The summed E-state index contributed by atoms with van der Waals surface area (Å²) in [6, 6.07) is 0. The molecular weight excluding hydrogens is 632 g/mol. The second-order valence-electron chi connectivity index (χ2n) is 18.4. The Morgan fingerprint density at radius 3 is 2.18 bits per heavy atom. The van der Waals surface area contributed by atoms with Crippen molar-refractivity contribution in [3.8, 4) is 0 Å². The van der Waals surface area contributed by atoms with E-state index in [0.29, 0.717) is 25.7 Å². The van der Waals surface area contributed by atoms with Crippen LogP contribution in [0.25, 0.3) is 0 Å². The second kappa shape index (κ2) is 12.6. The van der Waals surface area contributed by atoms with E-state index in [1.807, 2.05) is 13.8 Å². The zero-order chi connectivity index (χ0) is 36.9. The minimum Gasteiger partial charge on any atom is -0.460 e. The third-order valence-corrected chi connectivity index (χ3v) is 14.8. The first-order chi connectivity index (χ1) is 22.4. The van der Waals surface area contributed by atoms with Gasteiger partial charge >= 0.3 is 5.97 Å². The Balaban J connectivity index is 1.46. The molecule has 4 fully saturated rings. The number of carbonyl (C=O) groups excluding carboxylic acids is 2. The van der Waals surface area contributed by atoms with Gasteiger partial charge in [-0.15, -0.1) is 0 Å². The van der Waals surface area contributed by atoms with E-state index in [1.54, 1.807) is 13.8 Å². The monoisotopic (exact) mass is 694 g/mol. The predicted molar refractivity (Wildman–Crippen MR) is 180 cm³/mol. The highest BCUT2D eigenvalue weighted by Crippen LogP contribution is 2.75. The lowest BCUT2D eigenvalue weighted by Gasteiger charge is -2.67. The van der Waals surface area contributed by atoms with Gasteiger partial charge in [-0.3, -0.25) is 9.59 Å². The number of carbonyl (C=O) groups is 2. The molecule has 0 radical (unpaired) electrons. The Morgan fingerprint density at radius 2 is 1.59 bits per heavy atom. The number of rotatable bonds is 8. The van der Waals surface area contributed by atoms with Gasteiger partial charge in [0.15, 0.2) is 5.78 Å². The molecule has 4 aliphatic carbocycles. The number of fused-ring (bicyclic) bond motifs is 5. The quantitative estimate of drug-likeness (QED) is 0.146. The van der Waals surface area contributed by atoms with Crippen molar-refractivity contribution in [3.05, 3.63) is 11.6 Å². The van der Waals surface area contributed by atoms with Crippen molar-refractivity contribution in [3.63, 3.8) is 0 Å². The Kier molecular flexibility index (Phi) is 9.98. The van der Waals surface area contributed by atoms with E-state index >= 15 is 0 Å². The second-order valence-corrected chi connectivity index (χ2v) is 18.4. The molecule has 5 rings (SSSR count). The first kappa shape index (κ1) is 38.8. The predicted octanol–water partition coefficient (Wildman–Crippen LogP) is 2.43. The summed E-state index contributed by atoms with van der Waals surface area (Å²) < 4.78 is 11.4. The van der Waals surface area contributed by atoms with Crippen molar-refractivity contribution in [1.29, 1.82) is 0 Å². The summed E-state index contributed by atoms with van der Waals surface area (Å²) in [4.78, 5) is 25.4. The topological polar surface area (TPSA) is 194 Å². The molecule has 3 saturated carbocycles. The number of hydrogen-bond acceptors (Lipinski definition) is 11. The molecule has 1 saturated heterocycles. The molecule has 0 bridgehead atoms. The molecule has 0 aromatic rings. The number of hydrogen-bond donors (Lipinski definition) is 7. The van der Waals surface area contributed by atoms with E-state index in [0.717, 1.165) is 12.0 Å². The molecule has 1 heterocycles. The van der Waals surface area contributed by atoms with E-state index in [4.69, 9.17) is 9.47 Å². The van der Waals surface area contributed by atoms with E-state index in [1.165, 1.54) is 13.8 Å². The van der Waals surface area contributed by atoms with Gasteiger partial charge in [-0.25, -0.2) is 0 Å². The number of ether oxygens (including phenoxy) is 2. The maximum atomic E-state index is 13.8. The minimum atomic E-state index is -1.81. The van der Waals surface area contributed by atoms with E-state index in [2.05, 4.69) is 26.8 Å². The molecule has 7 N–H and O–H groups in total. The van der Waals surface area contributed by atoms with E-state index < -0.39 is 94.6 Å². The molecule has 0 aromatic heterocycles. The summed E-state index contributed by atoms with van der Waals surface area (Å²) in [6.07, 6.45) is -2.96. The van der Waals surface area contributed by atoms with Gasteiger partial charge in [0.05, 0.1) is 24.9 Å². The number of allylic oxidation sites excluding steroid dienone is 1. The Bertz CT molecular complexity index is 1320. The van der Waals surface area contributed by atoms with E-state index in [9.17, 15) is 45.3 Å². The van der Waals surface area contributed by atoms with Crippen LogP contribution >= 0.6 is 0 Å². The van der Waals surface area contributed by atoms with Crippen molar-refractivity contribution in [1.82, 2.24) is 0 Å². The van der Waals surface area contributed by atoms with Crippen molar-refractivity contribution in [2.75, 3.05) is 6.61 Å². The van der Waals surface area contributed by atoms with Gasteiger partial charge in [0, 0.05) is 30.6 Å². The molecule has 5 aliphatic rings. The molecule has 11 nitrogen and oxygen atoms in total. The summed E-state index contributed by atoms with van der Waals surface area (Å²) in [5, 5.41) is 77.7. The molecule has 49 heavy (non-hydrogen) atoms. The number of esters is 1. The third kappa shape index (κ3) is 5.86. The molecule has 280 valence electrons. The molecular formula is C38H62O11. The molecule has 11 heteroatoms. The van der Waals surface area contributed by atoms with Crippen LogP contribution in [0.5, 0.6) is 0 Å². The largest absolute Gasteiger partial charge is 0.460 e. The fraction of sp³-hybridized carbons (Fsp3) is 0.895. The lowest BCUT2D eigenvalue weighted by atomic mass is 9.38. The highest BCUT2D eigenvalue weighted by Gasteiger charge is 2.72. The Hall–Kier alpha value is -1.44. The van der Waals surface area contributed by atoms with Crippen molar-refractivity contribution >= 4 is 11.8 Å². The van der Waals surface area contributed by atoms with Gasteiger partial charge in [0.1, 0.15) is 35.6 Å². The smallest absolute Gasteiger partial charge is 0.303 e. The number of aliphatic hydroxyl groups is 7. The number of Topliss-reactive ketones (excluding diaryl/α,β-unsaturated/α-hetero) is 1. The zero-order valence-electron chi connectivity index (χ0n) is 30.8. The fourth-order valence-electron chi connectivity index (χ4n) is 12.0. The van der Waals surface area contributed by atoms with Crippen LogP contribution in [0.2, 0.25) is 0 Å². The number of aliphatic hydroxyl groups excluding tert-OH is 6. The van der Waals surface area contributed by atoms with Crippen LogP contribution in [0.15, 0.2) is 11.6 Å². The average Bonchev–Trinajstić information content (AvgIpc) is 3.21. The van der Waals surface area contributed by atoms with Gasteiger partial charge < -0.3 is 45.2 Å². The summed E-state index contributed by atoms with van der Waals surface area (Å²) in [5.74, 6) is -2.12. The van der Waals surface area contributed by atoms with Gasteiger partial charge in [-0.1, -0.05) is 46.3 Å². The van der Waals surface area contributed by atoms with E-state index in [-0.39, 0.29) is 35.9 Å². The van der Waals surface area contributed by atoms with Crippen LogP contribution in [0.1, 0.15) is 107 Å². The first-order valence-corrected chi connectivity index (χ1v) is 18.2. The van der Waals surface area contributed by atoms with Gasteiger partial charge in [-0.05, 0) is 87.4 Å². The van der Waals surface area contributed by atoms with Crippen molar-refractivity contribution < 1.29 is 54.8 Å². The molecule has 0 unspecified atom stereocenters. The highest BCUT2D eigenvalue weighted by molar-refractivity contribution is 5.87. The SMILES string of the molecule is CC(=O)OC(C)(C)CCC(=O)[C@](C)(O)[C@H]1[C@H](O)C[C@@]2(C)[C@@H]3CC=C4[C@@H](C[C@H]([C@@H]5O[C@H](CO)[C@@H](O)[C@H](O)[C@H]5O)[C@H](O)C4(C)C)[C@]3(C)CC[C@]12C. The summed E-state index contributed by atoms with van der Waals surface area (Å²) in [6.45, 7) is 16.3. The van der Waals surface area contributed by atoms with Crippen molar-refractivity contribution in [2.45, 2.75) is 161 Å². The third-order valence-electron chi connectivity index (χ3n) is 14.8. The highest BCUT2D eigenvalue weighted by atomic mass is 16.6. The molecule has 0 spiro atoms. The molecule has 15 atom stereocenters. The summed E-state index contributed by atoms with van der Waals surface area (Å²) >= 11 is 0. The normalized spacial score (nSPS) is 47.6. The average molecular weight is 695 g/mol. The fourth-order valence-corrected chi connectivity index (χ4v) is 12.0. The Labute approximate surface area is 291 Å². The summed E-state index contributed by atoms with van der Waals surface area (Å²) in [5.41, 5.74) is -3.61. The van der Waals surface area contributed by atoms with Crippen LogP contribution in [0, 0.1) is 45.3 Å². The summed E-state index contributed by atoms with van der Waals surface area (Å²) in [7, 11) is 0. The van der Waals surface area contributed by atoms with Crippen LogP contribution in [0.4, 0.5) is 0 Å². The maximum absolute atomic E-state index is 13.8.